The molecule has 0 saturated carbocycles. The first kappa shape index (κ1) is 148. The van der Waals surface area contributed by atoms with Gasteiger partial charge in [-0.2, -0.15) is 0 Å². The molecule has 0 fully saturated rings. The Balaban J connectivity index is -0.000000220. The van der Waals surface area contributed by atoms with Crippen LogP contribution < -0.4 is 0 Å². The number of sulfone groups is 4. The van der Waals surface area contributed by atoms with E-state index in [1.54, 1.807) is 158 Å². The average molecular weight is 2170 g/mol. The van der Waals surface area contributed by atoms with Gasteiger partial charge < -0.3 is 0 Å². The minimum Gasteiger partial charge on any atom is -0.263 e. The van der Waals surface area contributed by atoms with Gasteiger partial charge in [-0.25, -0.2) is 48.6 Å². The van der Waals surface area contributed by atoms with Crippen LogP contribution in [0.15, 0.2) is 182 Å². The zero-order chi connectivity index (χ0) is 109. The molecule has 22 nitrogen and oxygen atoms in total. The molecule has 0 aliphatic heterocycles. The second kappa shape index (κ2) is 67.0. The Hall–Kier alpha value is -3.88. The molecule has 0 bridgehead atoms. The Labute approximate surface area is 861 Å². The largest absolute Gasteiger partial charge is 0.263 e. The van der Waals surface area contributed by atoms with E-state index in [1.165, 1.54) is 12.6 Å². The van der Waals surface area contributed by atoms with Gasteiger partial charge in [0.1, 0.15) is 11.4 Å². The fourth-order valence-corrected chi connectivity index (χ4v) is 19.4. The van der Waals surface area contributed by atoms with E-state index in [2.05, 4.69) is 38.8 Å². The fraction of sp³-hybridized carbons (Fsp3) is 0.696. The van der Waals surface area contributed by atoms with Crippen LogP contribution in [0.2, 0.25) is 0 Å². The van der Waals surface area contributed by atoms with Gasteiger partial charge in [0, 0.05) is 158 Å². The summed E-state index contributed by atoms with van der Waals surface area (Å²) in [5, 5.41) is 0.657. The smallest absolute Gasteiger partial charge is 0.155 e. The van der Waals surface area contributed by atoms with Gasteiger partial charge in [0.2, 0.25) is 0 Å². The van der Waals surface area contributed by atoms with Gasteiger partial charge in [-0.1, -0.05) is 97.4 Å². The van der Waals surface area contributed by atoms with Crippen molar-refractivity contribution in [1.82, 2.24) is 24.9 Å². The van der Waals surface area contributed by atoms with Gasteiger partial charge in [0.25, 0.3) is 0 Å². The molecule has 802 valence electrons. The SMILES string of the molecule is C.CC(C)(C)S(=O)c1ccccc1.CC(C)(C)S(=O)c1ccccc1.CC(C)(C)S(=O)c1ccccn1.CC(C)(C)S(=O)c1cccnc1.CC(C)(C)S(=O)c1cccnc1.CC(C)(C)S(=O)c1cncnc1.CC(C)(C)S(C)(=O)=O.CCCCS(=O)(=O)C(C)(C)C.CCCCS(=O)C(C)(C)C.CCCS(=O)(=O)C(C)(C)C.CCCS(=O)C(C)(C)C.CCS(=O)(=O)C(C)(C)C.CS(=O)C(C)(C)C. The third-order valence-corrected chi connectivity index (χ3v) is 44.3. The monoisotopic (exact) mass is 2170 g/mol. The van der Waals surface area contributed by atoms with Crippen molar-refractivity contribution < 1.29 is 71.6 Å². The Morgan fingerprint density at radius 1 is 0.270 bits per heavy atom. The second-order valence-electron chi connectivity index (χ2n) is 43.9. The molecule has 9 atom stereocenters. The highest BCUT2D eigenvalue weighted by molar-refractivity contribution is 7.93. The van der Waals surface area contributed by atoms with Crippen molar-refractivity contribution in [2.75, 3.05) is 41.3 Å². The lowest BCUT2D eigenvalue weighted by molar-refractivity contribution is 0.556. The first-order valence-corrected chi connectivity index (χ1v) is 63.7. The molecule has 0 aliphatic carbocycles. The molecule has 9 unspecified atom stereocenters. The summed E-state index contributed by atoms with van der Waals surface area (Å²) < 4.78 is 189. The number of aromatic nitrogens is 5. The van der Waals surface area contributed by atoms with Crippen molar-refractivity contribution in [2.24, 2.45) is 0 Å². The molecule has 0 amide bonds. The summed E-state index contributed by atoms with van der Waals surface area (Å²) in [4.78, 5) is 23.6. The van der Waals surface area contributed by atoms with Gasteiger partial charge in [0.15, 0.2) is 39.3 Å². The normalized spacial score (nSPS) is 14.3. The standard InChI is InChI=1S/2C10H14OS.3C9H13NOS.C8H12N2OS.C8H18O2S.C8H18OS.C7H16O2S.C7H16OS.C6H14O2S.C5H12O2S.C5H12OS.CH4/c2*1-10(2,3)12(11)9-7-5-4-6-8-9;2*1-9(2,3)12(11)8-5-4-6-10-7-8;1-9(2,3)12(11)8-6-4-5-7-10-8;1-8(2,3)12(11)7-4-9-6-10-5-7;1-5-6-7-11(9,10)8(2,3)4;1-5-6-7-10(9)8(2,3)4;1-5-6-10(8,9)7(2,3)4;1-5-6-9(8)7(2,3)4;1-5-9(7,8)6(2,3)4;1-5(2,3)8(4,6)7;1-5(2,3)7(4)6;/h2*4-8H,1-3H3;3*4-7H,1-3H3;4-6H,1-3H3;5-7H2,1-4H3;5-7H2,1-4H3;5-6H2,1-4H3;5-6H2,1-4H3;5H2,1-4H3;1-4H3;1-4H3;1H4. The highest BCUT2D eigenvalue weighted by atomic mass is 32.2. The lowest BCUT2D eigenvalue weighted by atomic mass is 10.3. The maximum atomic E-state index is 11.8. The first-order valence-electron chi connectivity index (χ1n) is 45.7. The molecule has 35 heteroatoms. The van der Waals surface area contributed by atoms with Crippen LogP contribution in [0.5, 0.6) is 0 Å². The van der Waals surface area contributed by atoms with E-state index in [-0.39, 0.29) is 55.9 Å². The van der Waals surface area contributed by atoms with E-state index in [0.29, 0.717) is 27.8 Å². The number of benzene rings is 2. The number of nitrogens with zero attached hydrogens (tertiary/aromatic N) is 5. The van der Waals surface area contributed by atoms with Crippen molar-refractivity contribution in [2.45, 2.75) is 442 Å². The maximum absolute atomic E-state index is 11.8. The van der Waals surface area contributed by atoms with Crippen molar-refractivity contribution in [3.8, 4) is 0 Å². The van der Waals surface area contributed by atoms with Gasteiger partial charge in [-0.3, -0.25) is 47.8 Å². The number of unbranched alkanes of at least 4 members (excludes halogenated alkanes) is 2. The van der Waals surface area contributed by atoms with Crippen LogP contribution in [0, 0.1) is 0 Å². The number of hydrogen-bond acceptors (Lipinski definition) is 22. The quantitative estimate of drug-likeness (QED) is 0.0818. The fourth-order valence-electron chi connectivity index (χ4n) is 7.64. The van der Waals surface area contributed by atoms with Crippen LogP contribution in [-0.4, -0.2) is 199 Å². The Kier molecular flexibility index (Phi) is 72.6. The van der Waals surface area contributed by atoms with Crippen molar-refractivity contribution >= 4 is 137 Å². The van der Waals surface area contributed by atoms with Crippen LogP contribution in [0.3, 0.4) is 0 Å². The molecule has 4 aromatic heterocycles. The van der Waals surface area contributed by atoms with E-state index in [0.717, 1.165) is 63.2 Å². The topological polar surface area (TPSA) is 355 Å². The molecular weight excluding hydrogens is 1980 g/mol. The minimum atomic E-state index is -2.86. The zero-order valence-electron chi connectivity index (χ0n) is 92.2. The van der Waals surface area contributed by atoms with Gasteiger partial charge >= 0.3 is 0 Å². The molecule has 0 saturated heterocycles. The third-order valence-electron chi connectivity index (χ3n) is 17.4. The Morgan fingerprint density at radius 3 is 0.745 bits per heavy atom. The van der Waals surface area contributed by atoms with Gasteiger partial charge in [-0.05, 0) is 356 Å². The summed E-state index contributed by atoms with van der Waals surface area (Å²) in [5.74, 6) is 2.56. The summed E-state index contributed by atoms with van der Waals surface area (Å²) in [6.45, 7) is 83.6. The van der Waals surface area contributed by atoms with E-state index in [4.69, 9.17) is 0 Å². The highest BCUT2D eigenvalue weighted by Gasteiger charge is 2.32. The second-order valence-corrected chi connectivity index (χ2v) is 75.5. The molecule has 0 aliphatic rings. The molecule has 2 aromatic carbocycles. The Bertz CT molecular complexity index is 4490. The third kappa shape index (κ3) is 71.3. The van der Waals surface area contributed by atoms with Crippen LogP contribution in [0.25, 0.3) is 0 Å². The van der Waals surface area contributed by atoms with Crippen molar-refractivity contribution in [3.05, 3.63) is 153 Å². The van der Waals surface area contributed by atoms with Crippen LogP contribution >= 0.6 is 0 Å². The molecular formula is C102H189N5O17S13. The molecule has 6 aromatic rings. The van der Waals surface area contributed by atoms with E-state index in [9.17, 15) is 71.6 Å². The maximum Gasteiger partial charge on any atom is 0.155 e. The lowest BCUT2D eigenvalue weighted by Gasteiger charge is -2.18. The zero-order valence-corrected chi connectivity index (χ0v) is 103. The highest BCUT2D eigenvalue weighted by Crippen LogP contribution is 2.26. The predicted octanol–water partition coefficient (Wildman–Crippen LogP) is 24.3. The van der Waals surface area contributed by atoms with Crippen LogP contribution in [0.4, 0.5) is 0 Å². The summed E-state index contributed by atoms with van der Waals surface area (Å²) in [6, 6.07) is 31.9. The molecule has 0 radical (unpaired) electrons. The number of pyridine rings is 3. The van der Waals surface area contributed by atoms with Gasteiger partial charge in [-0.15, -0.1) is 0 Å². The van der Waals surface area contributed by atoms with E-state index >= 15 is 0 Å². The average Bonchev–Trinajstić information content (AvgIpc) is 0.846. The molecule has 0 N–H and O–H groups in total. The van der Waals surface area contributed by atoms with Crippen molar-refractivity contribution in [3.63, 3.8) is 0 Å². The Morgan fingerprint density at radius 2 is 0.540 bits per heavy atom. The first-order chi connectivity index (χ1) is 60.7. The molecule has 6 rings (SSSR count). The summed E-state index contributed by atoms with van der Waals surface area (Å²) >= 11 is 0. The number of rotatable bonds is 17. The summed E-state index contributed by atoms with van der Waals surface area (Å²) in [5.41, 5.74) is 0. The predicted molar refractivity (Wildman–Crippen MR) is 602 cm³/mol. The molecule has 0 spiro atoms. The number of hydrogen-bond donors (Lipinski definition) is 0. The van der Waals surface area contributed by atoms with E-state index < -0.39 is 156 Å². The summed E-state index contributed by atoms with van der Waals surface area (Å²) in [6.07, 6.45) is 21.6. The lowest BCUT2D eigenvalue weighted by Crippen LogP contribution is -2.30. The molecule has 137 heavy (non-hydrogen) atoms. The minimum absolute atomic E-state index is 0. The van der Waals surface area contributed by atoms with Gasteiger partial charge in [0.05, 0.1) is 110 Å². The van der Waals surface area contributed by atoms with Crippen LogP contribution in [-0.2, 0) is 137 Å². The summed E-state index contributed by atoms with van der Waals surface area (Å²) in [7, 11) is -19.1. The molecule has 4 heterocycles. The van der Waals surface area contributed by atoms with Crippen LogP contribution in [0.1, 0.15) is 351 Å². The van der Waals surface area contributed by atoms with E-state index in [1.807, 2.05) is 286 Å². The van der Waals surface area contributed by atoms with Crippen molar-refractivity contribution in [1.29, 1.82) is 0 Å².